The van der Waals surface area contributed by atoms with E-state index in [1.165, 1.54) is 18.1 Å². The second-order valence-corrected chi connectivity index (χ2v) is 9.68. The summed E-state index contributed by atoms with van der Waals surface area (Å²) in [7, 11) is 1.43. The SMILES string of the molecule is COCCN1C[C@H](c2ccc(F)c(F)c2)C2(CCN(C(=O)c3cc(C(F)(F)F)cc(C(F)(F)F)c3)CC2)OC1=O. The summed E-state index contributed by atoms with van der Waals surface area (Å²) in [6.45, 7) is 0.00671. The van der Waals surface area contributed by atoms with Crippen LogP contribution in [0.1, 0.15) is 45.8 Å². The maximum Gasteiger partial charge on any atom is 0.416 e. The van der Waals surface area contributed by atoms with Gasteiger partial charge in [-0.05, 0) is 35.9 Å². The number of ether oxygens (including phenoxy) is 2. The highest BCUT2D eigenvalue weighted by Crippen LogP contribution is 2.44. The van der Waals surface area contributed by atoms with E-state index in [9.17, 15) is 44.7 Å². The Morgan fingerprint density at radius 1 is 0.975 bits per heavy atom. The molecule has 0 radical (unpaired) electrons. The van der Waals surface area contributed by atoms with Crippen molar-refractivity contribution in [2.45, 2.75) is 36.7 Å². The van der Waals surface area contributed by atoms with Gasteiger partial charge in [0, 0.05) is 57.6 Å². The van der Waals surface area contributed by atoms with E-state index >= 15 is 0 Å². The van der Waals surface area contributed by atoms with E-state index in [1.807, 2.05) is 0 Å². The first-order valence-corrected chi connectivity index (χ1v) is 12.2. The number of carbonyl (C=O) groups is 2. The Balaban J connectivity index is 1.61. The van der Waals surface area contributed by atoms with Crippen LogP contribution in [-0.4, -0.2) is 67.3 Å². The maximum atomic E-state index is 14.1. The highest BCUT2D eigenvalue weighted by Gasteiger charge is 2.51. The Morgan fingerprint density at radius 3 is 2.10 bits per heavy atom. The fraction of sp³-hybridized carbons (Fsp3) is 0.462. The number of methoxy groups -OCH3 is 1. The molecular formula is C26H24F8N2O4. The Morgan fingerprint density at radius 2 is 1.57 bits per heavy atom. The molecule has 2 aromatic rings. The molecule has 2 saturated heterocycles. The topological polar surface area (TPSA) is 59.1 Å². The van der Waals surface area contributed by atoms with E-state index in [0.29, 0.717) is 17.7 Å². The molecule has 0 saturated carbocycles. The van der Waals surface area contributed by atoms with E-state index in [2.05, 4.69) is 0 Å². The number of piperidine rings is 1. The van der Waals surface area contributed by atoms with Crippen LogP contribution in [0.4, 0.5) is 39.9 Å². The molecule has 4 rings (SSSR count). The Bertz CT molecular complexity index is 1240. The van der Waals surface area contributed by atoms with Gasteiger partial charge in [-0.2, -0.15) is 26.3 Å². The summed E-state index contributed by atoms with van der Waals surface area (Å²) < 4.78 is 118. The number of likely N-dealkylation sites (tertiary alicyclic amines) is 1. The van der Waals surface area contributed by atoms with Gasteiger partial charge >= 0.3 is 18.4 Å². The van der Waals surface area contributed by atoms with E-state index in [0.717, 1.165) is 17.0 Å². The molecule has 2 fully saturated rings. The van der Waals surface area contributed by atoms with Crippen LogP contribution in [0.15, 0.2) is 36.4 Å². The van der Waals surface area contributed by atoms with Gasteiger partial charge in [0.2, 0.25) is 0 Å². The third kappa shape index (κ3) is 6.01. The Labute approximate surface area is 223 Å². The second kappa shape index (κ2) is 10.9. The fourth-order valence-electron chi connectivity index (χ4n) is 5.09. The number of halogens is 8. The minimum atomic E-state index is -5.12. The zero-order valence-corrected chi connectivity index (χ0v) is 21.0. The monoisotopic (exact) mass is 580 g/mol. The lowest BCUT2D eigenvalue weighted by Crippen LogP contribution is -2.59. The van der Waals surface area contributed by atoms with Gasteiger partial charge in [-0.25, -0.2) is 13.6 Å². The first-order chi connectivity index (χ1) is 18.6. The summed E-state index contributed by atoms with van der Waals surface area (Å²) >= 11 is 0. The normalized spacial score (nSPS) is 19.6. The van der Waals surface area contributed by atoms with Gasteiger partial charge < -0.3 is 19.3 Å². The Hall–Kier alpha value is -3.42. The largest absolute Gasteiger partial charge is 0.442 e. The van der Waals surface area contributed by atoms with Gasteiger partial charge in [0.05, 0.1) is 17.7 Å². The van der Waals surface area contributed by atoms with Crippen LogP contribution in [0.2, 0.25) is 0 Å². The van der Waals surface area contributed by atoms with Gasteiger partial charge in [0.1, 0.15) is 5.60 Å². The smallest absolute Gasteiger partial charge is 0.416 e. The highest BCUT2D eigenvalue weighted by molar-refractivity contribution is 5.94. The van der Waals surface area contributed by atoms with E-state index in [-0.39, 0.29) is 51.7 Å². The van der Waals surface area contributed by atoms with Gasteiger partial charge in [0.25, 0.3) is 5.91 Å². The lowest BCUT2D eigenvalue weighted by atomic mass is 9.74. The van der Waals surface area contributed by atoms with Crippen molar-refractivity contribution in [2.24, 2.45) is 0 Å². The van der Waals surface area contributed by atoms with Crippen LogP contribution < -0.4 is 0 Å². The van der Waals surface area contributed by atoms with Crippen LogP contribution in [0.25, 0.3) is 0 Å². The quantitative estimate of drug-likeness (QED) is 0.416. The van der Waals surface area contributed by atoms with Crippen molar-refractivity contribution in [2.75, 3.05) is 39.9 Å². The van der Waals surface area contributed by atoms with Crippen LogP contribution >= 0.6 is 0 Å². The van der Waals surface area contributed by atoms with Crippen molar-refractivity contribution < 1.29 is 54.2 Å². The molecule has 2 aromatic carbocycles. The van der Waals surface area contributed by atoms with Gasteiger partial charge in [0.15, 0.2) is 11.6 Å². The van der Waals surface area contributed by atoms with Crippen molar-refractivity contribution >= 4 is 12.0 Å². The van der Waals surface area contributed by atoms with E-state index in [4.69, 9.17) is 9.47 Å². The number of hydrogen-bond donors (Lipinski definition) is 0. The van der Waals surface area contributed by atoms with Crippen molar-refractivity contribution in [3.63, 3.8) is 0 Å². The standard InChI is InChI=1S/C26H24F8N2O4/c1-39-9-8-36-14-19(15-2-3-20(27)21(28)12-15)24(40-23(36)38)4-6-35(7-5-24)22(37)16-10-17(25(29,30)31)13-18(11-16)26(32,33)34/h2-3,10-13,19H,4-9,14H2,1H3/t19-/m1/s1. The molecule has 218 valence electrons. The minimum Gasteiger partial charge on any atom is -0.442 e. The predicted molar refractivity (Wildman–Crippen MR) is 123 cm³/mol. The molecular weight excluding hydrogens is 556 g/mol. The molecule has 2 heterocycles. The van der Waals surface area contributed by atoms with Crippen molar-refractivity contribution in [1.29, 1.82) is 0 Å². The van der Waals surface area contributed by atoms with Crippen molar-refractivity contribution in [3.8, 4) is 0 Å². The second-order valence-electron chi connectivity index (χ2n) is 9.68. The average molecular weight is 580 g/mol. The van der Waals surface area contributed by atoms with Gasteiger partial charge in [-0.15, -0.1) is 0 Å². The molecule has 2 aliphatic rings. The van der Waals surface area contributed by atoms with Crippen molar-refractivity contribution in [1.82, 2.24) is 9.80 Å². The summed E-state index contributed by atoms with van der Waals surface area (Å²) in [5.41, 5.74) is -4.99. The number of carbonyl (C=O) groups excluding carboxylic acids is 2. The fourth-order valence-corrected chi connectivity index (χ4v) is 5.09. The van der Waals surface area contributed by atoms with E-state index in [1.54, 1.807) is 0 Å². The average Bonchev–Trinajstić information content (AvgIpc) is 2.89. The number of amides is 2. The summed E-state index contributed by atoms with van der Waals surface area (Å²) in [4.78, 5) is 28.3. The number of rotatable bonds is 5. The number of nitrogens with zero attached hydrogens (tertiary/aromatic N) is 2. The molecule has 0 unspecified atom stereocenters. The predicted octanol–water partition coefficient (Wildman–Crippen LogP) is 5.86. The van der Waals surface area contributed by atoms with Gasteiger partial charge in [-0.1, -0.05) is 6.07 Å². The molecule has 14 heteroatoms. The summed E-state index contributed by atoms with van der Waals surface area (Å²) in [5, 5.41) is 0. The summed E-state index contributed by atoms with van der Waals surface area (Å²) in [6.07, 6.45) is -11.0. The first-order valence-electron chi connectivity index (χ1n) is 12.2. The summed E-state index contributed by atoms with van der Waals surface area (Å²) in [6, 6.07) is 3.91. The number of hydrogen-bond acceptors (Lipinski definition) is 4. The third-order valence-corrected chi connectivity index (χ3v) is 7.23. The van der Waals surface area contributed by atoms with Crippen LogP contribution in [-0.2, 0) is 21.8 Å². The Kier molecular flexibility index (Phi) is 8.03. The van der Waals surface area contributed by atoms with E-state index < -0.39 is 64.2 Å². The lowest BCUT2D eigenvalue weighted by molar-refractivity contribution is -0.143. The van der Waals surface area contributed by atoms with Crippen LogP contribution in [0.3, 0.4) is 0 Å². The molecule has 6 nitrogen and oxygen atoms in total. The minimum absolute atomic E-state index is 0.0443. The number of alkyl halides is 6. The summed E-state index contributed by atoms with van der Waals surface area (Å²) in [5.74, 6) is -3.94. The molecule has 1 spiro atoms. The maximum absolute atomic E-state index is 14.1. The third-order valence-electron chi connectivity index (χ3n) is 7.23. The number of benzene rings is 2. The molecule has 0 aromatic heterocycles. The zero-order valence-electron chi connectivity index (χ0n) is 21.0. The molecule has 0 N–H and O–H groups in total. The van der Waals surface area contributed by atoms with Crippen molar-refractivity contribution in [3.05, 3.63) is 70.3 Å². The molecule has 2 aliphatic heterocycles. The van der Waals surface area contributed by atoms with Crippen LogP contribution in [0.5, 0.6) is 0 Å². The zero-order chi connectivity index (χ0) is 29.5. The lowest BCUT2D eigenvalue weighted by Gasteiger charge is -2.50. The molecule has 0 aliphatic carbocycles. The molecule has 1 atom stereocenters. The van der Waals surface area contributed by atoms with Gasteiger partial charge in [-0.3, -0.25) is 4.79 Å². The first kappa shape index (κ1) is 29.6. The van der Waals surface area contributed by atoms with Crippen LogP contribution in [0, 0.1) is 11.6 Å². The molecule has 2 amide bonds. The molecule has 40 heavy (non-hydrogen) atoms. The molecule has 0 bridgehead atoms. The highest BCUT2D eigenvalue weighted by atomic mass is 19.4.